The van der Waals surface area contributed by atoms with Gasteiger partial charge < -0.3 is 10.2 Å². The van der Waals surface area contributed by atoms with Gasteiger partial charge in [-0.2, -0.15) is 0 Å². The van der Waals surface area contributed by atoms with Crippen molar-refractivity contribution in [2.24, 2.45) is 5.92 Å². The Morgan fingerprint density at radius 3 is 2.49 bits per heavy atom. The highest BCUT2D eigenvalue weighted by atomic mass is 35.5. The van der Waals surface area contributed by atoms with E-state index < -0.39 is 18.0 Å². The molecule has 4 aromatic rings. The predicted octanol–water partition coefficient (Wildman–Crippen LogP) is 3.90. The number of carbonyl (C=O) groups is 1. The van der Waals surface area contributed by atoms with Crippen LogP contribution in [0.3, 0.4) is 0 Å². The van der Waals surface area contributed by atoms with Crippen LogP contribution in [-0.4, -0.2) is 42.3 Å². The van der Waals surface area contributed by atoms with Gasteiger partial charge in [0.2, 0.25) is 0 Å². The van der Waals surface area contributed by atoms with Crippen molar-refractivity contribution >= 4 is 28.5 Å². The number of fused-ring (bicyclic) bond motifs is 1. The van der Waals surface area contributed by atoms with Crippen molar-refractivity contribution in [2.45, 2.75) is 38.8 Å². The highest BCUT2D eigenvalue weighted by Gasteiger charge is 2.26. The monoisotopic (exact) mass is 492 g/mol. The van der Waals surface area contributed by atoms with Crippen LogP contribution in [0.4, 0.5) is 0 Å². The average Bonchev–Trinajstić information content (AvgIpc) is 2.84. The fourth-order valence-electron chi connectivity index (χ4n) is 3.96. The molecule has 2 aromatic heterocycles. The van der Waals surface area contributed by atoms with Gasteiger partial charge in [-0.05, 0) is 61.6 Å². The van der Waals surface area contributed by atoms with Gasteiger partial charge in [-0.1, -0.05) is 47.1 Å². The zero-order valence-corrected chi connectivity index (χ0v) is 19.9. The van der Waals surface area contributed by atoms with E-state index in [9.17, 15) is 19.8 Å². The van der Waals surface area contributed by atoms with Gasteiger partial charge in [0.1, 0.15) is 5.52 Å². The van der Waals surface area contributed by atoms with Crippen LogP contribution in [0.25, 0.3) is 22.0 Å². The van der Waals surface area contributed by atoms with Crippen molar-refractivity contribution in [2.75, 3.05) is 0 Å². The lowest BCUT2D eigenvalue weighted by Gasteiger charge is -2.19. The summed E-state index contributed by atoms with van der Waals surface area (Å²) in [4.78, 5) is 28.8. The molecule has 2 atom stereocenters. The molecule has 0 saturated carbocycles. The van der Waals surface area contributed by atoms with Crippen molar-refractivity contribution in [1.82, 2.24) is 20.0 Å². The summed E-state index contributed by atoms with van der Waals surface area (Å²) in [5.41, 5.74) is 3.99. The molecule has 0 aliphatic heterocycles. The molecule has 0 saturated heterocycles. The fourth-order valence-corrected chi connectivity index (χ4v) is 4.12. The van der Waals surface area contributed by atoms with E-state index >= 15 is 0 Å². The number of pyridine rings is 1. The summed E-state index contributed by atoms with van der Waals surface area (Å²) < 4.78 is 1.12. The second kappa shape index (κ2) is 10.8. The second-order valence-corrected chi connectivity index (χ2v) is 8.94. The first-order valence-corrected chi connectivity index (χ1v) is 11.7. The van der Waals surface area contributed by atoms with Crippen LogP contribution in [0.1, 0.15) is 24.1 Å². The number of aliphatic hydroxyl groups is 1. The Morgan fingerprint density at radius 1 is 1.06 bits per heavy atom. The molecule has 0 spiro atoms. The van der Waals surface area contributed by atoms with E-state index in [1.54, 1.807) is 18.2 Å². The Balaban J connectivity index is 1.38. The molecule has 2 heterocycles. The van der Waals surface area contributed by atoms with Gasteiger partial charge in [0.15, 0.2) is 0 Å². The Hall–Kier alpha value is -3.62. The number of aryl methyl sites for hydroxylation is 3. The summed E-state index contributed by atoms with van der Waals surface area (Å²) in [5, 5.41) is 29.0. The van der Waals surface area contributed by atoms with E-state index in [1.165, 1.54) is 0 Å². The molecule has 0 aliphatic rings. The van der Waals surface area contributed by atoms with Gasteiger partial charge in [0.25, 0.3) is 5.56 Å². The number of benzene rings is 2. The molecule has 180 valence electrons. The standard InChI is InChI=1S/C26H25ClN4O4/c1-16-2-6-19(15-28-16)18-7-3-17(4-8-18)5-11-24(32)22(26(34)35)12-13-31-25(33)21-10-9-20(27)14-23(21)29-30-31/h2-4,6-10,14-15,22,24,32H,5,11-13H2,1H3,(H,34,35). The Kier molecular flexibility index (Phi) is 7.53. The summed E-state index contributed by atoms with van der Waals surface area (Å²) in [6, 6.07) is 16.6. The number of aliphatic carboxylic acids is 1. The largest absolute Gasteiger partial charge is 0.481 e. The van der Waals surface area contributed by atoms with Crippen LogP contribution < -0.4 is 5.56 Å². The third kappa shape index (κ3) is 5.90. The molecule has 0 bridgehead atoms. The fraction of sp³-hybridized carbons (Fsp3) is 0.269. The summed E-state index contributed by atoms with van der Waals surface area (Å²) >= 11 is 5.93. The Labute approximate surface area is 206 Å². The van der Waals surface area contributed by atoms with Crippen LogP contribution in [-0.2, 0) is 17.8 Å². The van der Waals surface area contributed by atoms with Crippen molar-refractivity contribution in [3.05, 3.63) is 87.4 Å². The van der Waals surface area contributed by atoms with Gasteiger partial charge in [0, 0.05) is 29.0 Å². The maximum absolute atomic E-state index is 12.7. The smallest absolute Gasteiger partial charge is 0.309 e. The minimum absolute atomic E-state index is 0.0255. The molecule has 4 rings (SSSR count). The first-order chi connectivity index (χ1) is 16.8. The third-order valence-electron chi connectivity index (χ3n) is 6.05. The van der Waals surface area contributed by atoms with Gasteiger partial charge in [-0.25, -0.2) is 4.68 Å². The van der Waals surface area contributed by atoms with Crippen molar-refractivity contribution in [1.29, 1.82) is 0 Å². The quantitative estimate of drug-likeness (QED) is 0.363. The predicted molar refractivity (Wildman–Crippen MR) is 133 cm³/mol. The lowest BCUT2D eigenvalue weighted by molar-refractivity contribution is -0.146. The summed E-state index contributed by atoms with van der Waals surface area (Å²) in [5.74, 6) is -2.16. The SMILES string of the molecule is Cc1ccc(-c2ccc(CCC(O)C(CCn3nnc4cc(Cl)ccc4c3=O)C(=O)O)cc2)cn1. The van der Waals surface area contributed by atoms with Gasteiger partial charge in [0.05, 0.1) is 17.4 Å². The van der Waals surface area contributed by atoms with Crippen molar-refractivity contribution in [3.63, 3.8) is 0 Å². The minimum Gasteiger partial charge on any atom is -0.481 e. The number of aliphatic hydroxyl groups excluding tert-OH is 1. The second-order valence-electron chi connectivity index (χ2n) is 8.50. The van der Waals surface area contributed by atoms with Gasteiger partial charge in [-0.15, -0.1) is 5.10 Å². The number of rotatable bonds is 9. The van der Waals surface area contributed by atoms with Crippen LogP contribution >= 0.6 is 11.6 Å². The molecule has 2 unspecified atom stereocenters. The number of aromatic nitrogens is 4. The molecule has 2 N–H and O–H groups in total. The summed E-state index contributed by atoms with van der Waals surface area (Å²) in [6.45, 7) is 1.96. The Morgan fingerprint density at radius 2 is 1.80 bits per heavy atom. The molecular weight excluding hydrogens is 468 g/mol. The lowest BCUT2D eigenvalue weighted by atomic mass is 9.93. The van der Waals surface area contributed by atoms with E-state index in [0.717, 1.165) is 27.1 Å². The average molecular weight is 493 g/mol. The molecule has 0 radical (unpaired) electrons. The number of carboxylic acids is 1. The van der Waals surface area contributed by atoms with Crippen LogP contribution in [0.15, 0.2) is 65.6 Å². The highest BCUT2D eigenvalue weighted by molar-refractivity contribution is 6.31. The number of halogens is 1. The van der Waals surface area contributed by atoms with E-state index in [2.05, 4.69) is 15.3 Å². The molecule has 35 heavy (non-hydrogen) atoms. The van der Waals surface area contributed by atoms with Crippen molar-refractivity contribution < 1.29 is 15.0 Å². The molecular formula is C26H25ClN4O4. The number of carboxylic acid groups (broad SMARTS) is 1. The van der Waals surface area contributed by atoms with Crippen LogP contribution in [0.5, 0.6) is 0 Å². The maximum atomic E-state index is 12.7. The molecule has 0 amide bonds. The summed E-state index contributed by atoms with van der Waals surface area (Å²) in [7, 11) is 0. The third-order valence-corrected chi connectivity index (χ3v) is 6.28. The molecule has 0 fully saturated rings. The molecule has 0 aliphatic carbocycles. The maximum Gasteiger partial charge on any atom is 0.309 e. The number of hydrogen-bond acceptors (Lipinski definition) is 6. The van der Waals surface area contributed by atoms with Gasteiger partial charge in [-0.3, -0.25) is 14.6 Å². The van der Waals surface area contributed by atoms with E-state index in [1.807, 2.05) is 49.5 Å². The number of hydrogen-bond donors (Lipinski definition) is 2. The van der Waals surface area contributed by atoms with Crippen molar-refractivity contribution in [3.8, 4) is 11.1 Å². The molecule has 2 aromatic carbocycles. The minimum atomic E-state index is -1.12. The molecule has 9 heteroatoms. The van der Waals surface area contributed by atoms with E-state index in [4.69, 9.17) is 11.6 Å². The first-order valence-electron chi connectivity index (χ1n) is 11.3. The zero-order chi connectivity index (χ0) is 24.9. The van der Waals surface area contributed by atoms with Crippen LogP contribution in [0.2, 0.25) is 5.02 Å². The normalized spacial score (nSPS) is 13.0. The summed E-state index contributed by atoms with van der Waals surface area (Å²) in [6.07, 6.45) is 1.60. The topological polar surface area (TPSA) is 118 Å². The van der Waals surface area contributed by atoms with Crippen LogP contribution in [0, 0.1) is 12.8 Å². The molecule has 8 nitrogen and oxygen atoms in total. The zero-order valence-electron chi connectivity index (χ0n) is 19.1. The first kappa shape index (κ1) is 24.5. The highest BCUT2D eigenvalue weighted by Crippen LogP contribution is 2.21. The van der Waals surface area contributed by atoms with E-state index in [-0.39, 0.29) is 24.9 Å². The van der Waals surface area contributed by atoms with E-state index in [0.29, 0.717) is 22.3 Å². The number of nitrogens with zero attached hydrogens (tertiary/aromatic N) is 4. The lowest BCUT2D eigenvalue weighted by Crippen LogP contribution is -2.32. The Bertz CT molecular complexity index is 1390. The van der Waals surface area contributed by atoms with Gasteiger partial charge >= 0.3 is 5.97 Å².